The molecule has 0 aliphatic carbocycles. The number of aryl methyl sites for hydroxylation is 1. The van der Waals surface area contributed by atoms with Gasteiger partial charge in [0.2, 0.25) is 5.91 Å². The van der Waals surface area contributed by atoms with E-state index in [2.05, 4.69) is 5.32 Å². The number of rotatable bonds is 5. The predicted octanol–water partition coefficient (Wildman–Crippen LogP) is 1.49. The van der Waals surface area contributed by atoms with Crippen LogP contribution in [-0.2, 0) is 9.59 Å². The highest BCUT2D eigenvalue weighted by Crippen LogP contribution is 2.27. The lowest BCUT2D eigenvalue weighted by Crippen LogP contribution is -2.48. The molecule has 1 aliphatic rings. The predicted molar refractivity (Wildman–Crippen MR) is 81.7 cm³/mol. The third-order valence-electron chi connectivity index (χ3n) is 3.81. The second-order valence-corrected chi connectivity index (χ2v) is 6.00. The van der Waals surface area contributed by atoms with E-state index in [0.29, 0.717) is 6.42 Å². The molecule has 2 rings (SSSR count). The Labute approximate surface area is 129 Å². The Bertz CT molecular complexity index is 612. The molecule has 0 bridgehead atoms. The third-order valence-corrected chi connectivity index (χ3v) is 3.81. The van der Waals surface area contributed by atoms with E-state index in [1.165, 1.54) is 0 Å². The summed E-state index contributed by atoms with van der Waals surface area (Å²) in [4.78, 5) is 37.5. The Morgan fingerprint density at radius 3 is 2.50 bits per heavy atom. The van der Waals surface area contributed by atoms with Gasteiger partial charge in [0.05, 0.1) is 0 Å². The quantitative estimate of drug-likeness (QED) is 0.807. The Hall–Kier alpha value is -2.37. The number of imide groups is 1. The smallest absolute Gasteiger partial charge is 0.325 e. The van der Waals surface area contributed by atoms with E-state index >= 15 is 0 Å². The number of urea groups is 1. The molecule has 1 unspecified atom stereocenters. The summed E-state index contributed by atoms with van der Waals surface area (Å²) in [5.41, 5.74) is 7.03. The van der Waals surface area contributed by atoms with E-state index < -0.39 is 29.9 Å². The zero-order chi connectivity index (χ0) is 16.4. The molecule has 2 atom stereocenters. The van der Waals surface area contributed by atoms with Gasteiger partial charge in [-0.15, -0.1) is 0 Å². The average Bonchev–Trinajstić information content (AvgIpc) is 2.72. The van der Waals surface area contributed by atoms with Gasteiger partial charge in [-0.3, -0.25) is 9.59 Å². The number of hydrogen-bond donors (Lipinski definition) is 2. The van der Waals surface area contributed by atoms with E-state index in [-0.39, 0.29) is 5.92 Å². The minimum Gasteiger partial charge on any atom is -0.368 e. The van der Waals surface area contributed by atoms with Crippen molar-refractivity contribution in [2.75, 3.05) is 0 Å². The molecule has 6 nitrogen and oxygen atoms in total. The van der Waals surface area contributed by atoms with Gasteiger partial charge in [0, 0.05) is 0 Å². The van der Waals surface area contributed by atoms with Crippen LogP contribution in [0.2, 0.25) is 0 Å². The second-order valence-electron chi connectivity index (χ2n) is 6.00. The molecular weight excluding hydrogens is 282 g/mol. The fourth-order valence-corrected chi connectivity index (χ4v) is 2.71. The third kappa shape index (κ3) is 2.95. The maximum absolute atomic E-state index is 12.6. The average molecular weight is 303 g/mol. The molecule has 1 aliphatic heterocycles. The summed E-state index contributed by atoms with van der Waals surface area (Å²) in [6, 6.07) is 5.10. The Morgan fingerprint density at radius 2 is 1.95 bits per heavy atom. The summed E-state index contributed by atoms with van der Waals surface area (Å²) in [5.74, 6) is -0.956. The van der Waals surface area contributed by atoms with Gasteiger partial charge in [-0.2, -0.15) is 0 Å². The van der Waals surface area contributed by atoms with Gasteiger partial charge < -0.3 is 11.1 Å². The van der Waals surface area contributed by atoms with E-state index in [0.717, 1.165) is 16.0 Å². The minimum atomic E-state index is -0.915. The van der Waals surface area contributed by atoms with Gasteiger partial charge in [-0.1, -0.05) is 38.1 Å². The molecule has 1 heterocycles. The van der Waals surface area contributed by atoms with Crippen molar-refractivity contribution in [3.8, 4) is 0 Å². The number of nitrogens with one attached hydrogen (secondary N) is 1. The molecule has 118 valence electrons. The lowest BCUT2D eigenvalue weighted by Gasteiger charge is -2.24. The summed E-state index contributed by atoms with van der Waals surface area (Å²) < 4.78 is 0. The molecule has 1 aromatic rings. The van der Waals surface area contributed by atoms with Crippen LogP contribution in [0.25, 0.3) is 0 Å². The monoisotopic (exact) mass is 303 g/mol. The zero-order valence-electron chi connectivity index (χ0n) is 13.0. The first-order valence-electron chi connectivity index (χ1n) is 7.31. The topological polar surface area (TPSA) is 92.5 Å². The van der Waals surface area contributed by atoms with Gasteiger partial charge in [-0.05, 0) is 30.4 Å². The van der Waals surface area contributed by atoms with Gasteiger partial charge in [0.1, 0.15) is 12.1 Å². The lowest BCUT2D eigenvalue weighted by atomic mass is 9.99. The maximum atomic E-state index is 12.6. The molecule has 0 radical (unpaired) electrons. The van der Waals surface area contributed by atoms with Gasteiger partial charge in [0.15, 0.2) is 0 Å². The van der Waals surface area contributed by atoms with Crippen LogP contribution in [0.1, 0.15) is 37.4 Å². The van der Waals surface area contributed by atoms with E-state index in [1.54, 1.807) is 6.07 Å². The number of carbonyl (C=O) groups excluding carboxylic acids is 3. The number of nitrogens with zero attached hydrogens (tertiary/aromatic N) is 1. The van der Waals surface area contributed by atoms with E-state index in [1.807, 2.05) is 39.0 Å². The number of amides is 4. The highest BCUT2D eigenvalue weighted by Gasteiger charge is 2.45. The summed E-state index contributed by atoms with van der Waals surface area (Å²) in [6.07, 6.45) is 0.356. The summed E-state index contributed by atoms with van der Waals surface area (Å²) >= 11 is 0. The fourth-order valence-electron chi connectivity index (χ4n) is 2.71. The van der Waals surface area contributed by atoms with Crippen molar-refractivity contribution in [1.82, 2.24) is 10.2 Å². The molecule has 4 amide bonds. The van der Waals surface area contributed by atoms with Gasteiger partial charge in [0.25, 0.3) is 5.91 Å². The highest BCUT2D eigenvalue weighted by molar-refractivity contribution is 6.07. The van der Waals surface area contributed by atoms with Crippen LogP contribution >= 0.6 is 0 Å². The molecule has 3 N–H and O–H groups in total. The van der Waals surface area contributed by atoms with Crippen LogP contribution in [0, 0.1) is 12.8 Å². The molecule has 0 aromatic heterocycles. The van der Waals surface area contributed by atoms with Crippen molar-refractivity contribution in [2.24, 2.45) is 11.7 Å². The van der Waals surface area contributed by atoms with Crippen molar-refractivity contribution < 1.29 is 14.4 Å². The molecule has 1 aromatic carbocycles. The van der Waals surface area contributed by atoms with Crippen LogP contribution in [0.15, 0.2) is 24.3 Å². The van der Waals surface area contributed by atoms with Crippen LogP contribution in [0.3, 0.4) is 0 Å². The summed E-state index contributed by atoms with van der Waals surface area (Å²) in [5, 5.41) is 2.65. The van der Waals surface area contributed by atoms with Gasteiger partial charge >= 0.3 is 6.03 Å². The molecule has 1 fully saturated rings. The molecular formula is C16H21N3O3. The summed E-state index contributed by atoms with van der Waals surface area (Å²) in [7, 11) is 0. The van der Waals surface area contributed by atoms with Crippen molar-refractivity contribution in [3.63, 3.8) is 0 Å². The SMILES string of the molecule is Cc1ccccc1C1NC(=O)N([C@@H](CC(C)C)C(N)=O)C1=O. The van der Waals surface area contributed by atoms with Crippen LogP contribution < -0.4 is 11.1 Å². The fraction of sp³-hybridized carbons (Fsp3) is 0.438. The normalized spacial score (nSPS) is 19.5. The number of carbonyl (C=O) groups is 3. The van der Waals surface area contributed by atoms with Crippen LogP contribution in [0.5, 0.6) is 0 Å². The Morgan fingerprint density at radius 1 is 1.32 bits per heavy atom. The van der Waals surface area contributed by atoms with E-state index in [4.69, 9.17) is 5.73 Å². The molecule has 0 spiro atoms. The second kappa shape index (κ2) is 6.17. The maximum Gasteiger partial charge on any atom is 0.325 e. The zero-order valence-corrected chi connectivity index (χ0v) is 13.0. The standard InChI is InChI=1S/C16H21N3O3/c1-9(2)8-12(14(17)20)19-15(21)13(18-16(19)22)11-7-5-4-6-10(11)3/h4-7,9,12-13H,8H2,1-3H3,(H2,17,20)(H,18,22)/t12-,13?/m0/s1. The highest BCUT2D eigenvalue weighted by atomic mass is 16.2. The summed E-state index contributed by atoms with van der Waals surface area (Å²) in [6.45, 7) is 5.69. The number of benzene rings is 1. The lowest BCUT2D eigenvalue weighted by molar-refractivity contribution is -0.135. The molecule has 0 saturated carbocycles. The molecule has 6 heteroatoms. The largest absolute Gasteiger partial charge is 0.368 e. The van der Waals surface area contributed by atoms with Crippen LogP contribution in [-0.4, -0.2) is 28.8 Å². The first kappa shape index (κ1) is 16.0. The van der Waals surface area contributed by atoms with Gasteiger partial charge in [-0.25, -0.2) is 9.69 Å². The van der Waals surface area contributed by atoms with Crippen molar-refractivity contribution in [1.29, 1.82) is 0 Å². The van der Waals surface area contributed by atoms with Crippen molar-refractivity contribution in [2.45, 2.75) is 39.3 Å². The Balaban J connectivity index is 2.32. The number of nitrogens with two attached hydrogens (primary N) is 1. The minimum absolute atomic E-state index is 0.135. The van der Waals surface area contributed by atoms with Crippen molar-refractivity contribution >= 4 is 17.8 Å². The number of hydrogen-bond acceptors (Lipinski definition) is 3. The van der Waals surface area contributed by atoms with Crippen molar-refractivity contribution in [3.05, 3.63) is 35.4 Å². The first-order valence-corrected chi connectivity index (χ1v) is 7.31. The first-order chi connectivity index (χ1) is 10.3. The number of primary amides is 1. The molecule has 22 heavy (non-hydrogen) atoms. The van der Waals surface area contributed by atoms with Crippen LogP contribution in [0.4, 0.5) is 4.79 Å². The molecule has 1 saturated heterocycles. The Kier molecular flexibility index (Phi) is 4.49. The van der Waals surface area contributed by atoms with E-state index in [9.17, 15) is 14.4 Å².